The summed E-state index contributed by atoms with van der Waals surface area (Å²) < 4.78 is 1.91. The van der Waals surface area contributed by atoms with Crippen LogP contribution in [0.4, 0.5) is 11.4 Å². The van der Waals surface area contributed by atoms with Gasteiger partial charge in [-0.1, -0.05) is 18.5 Å². The largest absolute Gasteiger partial charge is 0.397 e. The van der Waals surface area contributed by atoms with Crippen LogP contribution in [-0.2, 0) is 20.0 Å². The monoisotopic (exact) mass is 278 g/mol. The average Bonchev–Trinajstić information content (AvgIpc) is 2.73. The standard InChI is InChI=1S/C14H19ClN4/c1-4-11-8-12(19(3)17-11)9-18(2)14-7-10(15)5-6-13(14)16/h5-8H,4,9,16H2,1-3H3. The first kappa shape index (κ1) is 13.7. The Balaban J connectivity index is 2.22. The van der Waals surface area contributed by atoms with Crippen molar-refractivity contribution in [2.45, 2.75) is 19.9 Å². The van der Waals surface area contributed by atoms with Crippen LogP contribution in [0.25, 0.3) is 0 Å². The van der Waals surface area contributed by atoms with Gasteiger partial charge in [0.2, 0.25) is 0 Å². The Bertz CT molecular complexity index is 577. The molecule has 0 saturated carbocycles. The third kappa shape index (κ3) is 3.01. The third-order valence-electron chi connectivity index (χ3n) is 3.19. The molecule has 0 radical (unpaired) electrons. The van der Waals surface area contributed by atoms with Gasteiger partial charge in [-0.2, -0.15) is 5.10 Å². The number of nitrogens with zero attached hydrogens (tertiary/aromatic N) is 3. The van der Waals surface area contributed by atoms with Crippen LogP contribution >= 0.6 is 11.6 Å². The van der Waals surface area contributed by atoms with E-state index >= 15 is 0 Å². The minimum absolute atomic E-state index is 0.690. The second-order valence-corrected chi connectivity index (χ2v) is 5.10. The summed E-state index contributed by atoms with van der Waals surface area (Å²) in [6.07, 6.45) is 0.941. The third-order valence-corrected chi connectivity index (χ3v) is 3.43. The van der Waals surface area contributed by atoms with Gasteiger partial charge >= 0.3 is 0 Å². The number of hydrogen-bond donors (Lipinski definition) is 1. The lowest BCUT2D eigenvalue weighted by atomic mass is 10.2. The lowest BCUT2D eigenvalue weighted by molar-refractivity contribution is 0.689. The van der Waals surface area contributed by atoms with E-state index in [-0.39, 0.29) is 0 Å². The molecular formula is C14H19ClN4. The molecule has 1 heterocycles. The molecule has 2 aromatic rings. The predicted octanol–water partition coefficient (Wildman–Crippen LogP) is 2.85. The van der Waals surface area contributed by atoms with Crippen LogP contribution in [0, 0.1) is 0 Å². The molecule has 5 heteroatoms. The normalized spacial score (nSPS) is 10.7. The van der Waals surface area contributed by atoms with Gasteiger partial charge in [0, 0.05) is 19.1 Å². The van der Waals surface area contributed by atoms with E-state index in [2.05, 4.69) is 23.0 Å². The Kier molecular flexibility index (Phi) is 4.00. The molecule has 0 fully saturated rings. The van der Waals surface area contributed by atoms with Crippen molar-refractivity contribution < 1.29 is 0 Å². The molecule has 1 aromatic carbocycles. The van der Waals surface area contributed by atoms with Crippen LogP contribution in [0.3, 0.4) is 0 Å². The SMILES string of the molecule is CCc1cc(CN(C)c2cc(Cl)ccc2N)n(C)n1. The van der Waals surface area contributed by atoms with Crippen LogP contribution in [0.15, 0.2) is 24.3 Å². The molecule has 0 unspecified atom stereocenters. The second-order valence-electron chi connectivity index (χ2n) is 4.66. The number of aryl methyl sites for hydroxylation is 2. The van der Waals surface area contributed by atoms with Crippen molar-refractivity contribution in [3.8, 4) is 0 Å². The van der Waals surface area contributed by atoms with Gasteiger partial charge in [0.1, 0.15) is 0 Å². The Morgan fingerprint density at radius 2 is 2.11 bits per heavy atom. The Labute approximate surface area is 118 Å². The Morgan fingerprint density at radius 1 is 1.37 bits per heavy atom. The summed E-state index contributed by atoms with van der Waals surface area (Å²) in [5.41, 5.74) is 9.91. The first-order valence-electron chi connectivity index (χ1n) is 6.29. The fraction of sp³-hybridized carbons (Fsp3) is 0.357. The number of anilines is 2. The lowest BCUT2D eigenvalue weighted by Gasteiger charge is -2.21. The molecule has 1 aromatic heterocycles. The summed E-state index contributed by atoms with van der Waals surface area (Å²) in [6, 6.07) is 7.63. The predicted molar refractivity (Wildman–Crippen MR) is 80.6 cm³/mol. The molecule has 0 atom stereocenters. The van der Waals surface area contributed by atoms with Crippen molar-refractivity contribution in [1.82, 2.24) is 9.78 Å². The van der Waals surface area contributed by atoms with E-state index in [9.17, 15) is 0 Å². The highest BCUT2D eigenvalue weighted by molar-refractivity contribution is 6.31. The van der Waals surface area contributed by atoms with Gasteiger partial charge in [0.05, 0.1) is 29.3 Å². The van der Waals surface area contributed by atoms with Crippen molar-refractivity contribution in [3.05, 3.63) is 40.7 Å². The highest BCUT2D eigenvalue weighted by atomic mass is 35.5. The quantitative estimate of drug-likeness (QED) is 0.875. The zero-order valence-electron chi connectivity index (χ0n) is 11.5. The van der Waals surface area contributed by atoms with Crippen molar-refractivity contribution in [2.75, 3.05) is 17.7 Å². The van der Waals surface area contributed by atoms with E-state index in [1.807, 2.05) is 30.9 Å². The molecule has 2 rings (SSSR count). The van der Waals surface area contributed by atoms with E-state index in [1.54, 1.807) is 6.07 Å². The molecule has 19 heavy (non-hydrogen) atoms. The highest BCUT2D eigenvalue weighted by Crippen LogP contribution is 2.27. The molecule has 0 aliphatic carbocycles. The maximum absolute atomic E-state index is 6.02. The number of nitrogens with two attached hydrogens (primary N) is 1. The molecule has 0 amide bonds. The van der Waals surface area contributed by atoms with E-state index in [0.29, 0.717) is 5.02 Å². The summed E-state index contributed by atoms with van der Waals surface area (Å²) >= 11 is 6.02. The minimum atomic E-state index is 0.690. The molecule has 0 spiro atoms. The zero-order chi connectivity index (χ0) is 14.0. The van der Waals surface area contributed by atoms with Crippen molar-refractivity contribution in [2.24, 2.45) is 7.05 Å². The molecular weight excluding hydrogens is 260 g/mol. The molecule has 0 bridgehead atoms. The van der Waals surface area contributed by atoms with Crippen LogP contribution in [0.5, 0.6) is 0 Å². The molecule has 102 valence electrons. The molecule has 0 saturated heterocycles. The number of aromatic nitrogens is 2. The fourth-order valence-corrected chi connectivity index (χ4v) is 2.23. The number of rotatable bonds is 4. The molecule has 0 aliphatic rings. The molecule has 0 aliphatic heterocycles. The van der Waals surface area contributed by atoms with Gasteiger partial charge in [0.25, 0.3) is 0 Å². The van der Waals surface area contributed by atoms with E-state index < -0.39 is 0 Å². The maximum Gasteiger partial charge on any atom is 0.0625 e. The maximum atomic E-state index is 6.02. The Hall–Kier alpha value is -1.68. The number of benzene rings is 1. The molecule has 2 N–H and O–H groups in total. The van der Waals surface area contributed by atoms with Gasteiger partial charge in [-0.25, -0.2) is 0 Å². The smallest absolute Gasteiger partial charge is 0.0625 e. The van der Waals surface area contributed by atoms with Gasteiger partial charge in [0.15, 0.2) is 0 Å². The highest BCUT2D eigenvalue weighted by Gasteiger charge is 2.10. The summed E-state index contributed by atoms with van der Waals surface area (Å²) in [5.74, 6) is 0. The summed E-state index contributed by atoms with van der Waals surface area (Å²) in [4.78, 5) is 2.08. The summed E-state index contributed by atoms with van der Waals surface area (Å²) in [6.45, 7) is 2.85. The van der Waals surface area contributed by atoms with Crippen LogP contribution in [0.2, 0.25) is 5.02 Å². The zero-order valence-corrected chi connectivity index (χ0v) is 12.3. The summed E-state index contributed by atoms with van der Waals surface area (Å²) in [7, 11) is 3.96. The second kappa shape index (κ2) is 5.53. The van der Waals surface area contributed by atoms with Crippen molar-refractivity contribution in [1.29, 1.82) is 0 Å². The van der Waals surface area contributed by atoms with Crippen molar-refractivity contribution in [3.63, 3.8) is 0 Å². The van der Waals surface area contributed by atoms with E-state index in [4.69, 9.17) is 17.3 Å². The average molecular weight is 279 g/mol. The van der Waals surface area contributed by atoms with Crippen molar-refractivity contribution >= 4 is 23.0 Å². The Morgan fingerprint density at radius 3 is 2.74 bits per heavy atom. The topological polar surface area (TPSA) is 47.1 Å². The van der Waals surface area contributed by atoms with Crippen LogP contribution in [0.1, 0.15) is 18.3 Å². The van der Waals surface area contributed by atoms with E-state index in [1.165, 1.54) is 0 Å². The van der Waals surface area contributed by atoms with E-state index in [0.717, 1.165) is 35.7 Å². The lowest BCUT2D eigenvalue weighted by Crippen LogP contribution is -2.19. The van der Waals surface area contributed by atoms with Gasteiger partial charge in [-0.3, -0.25) is 4.68 Å². The summed E-state index contributed by atoms with van der Waals surface area (Å²) in [5, 5.41) is 5.14. The number of nitrogen functional groups attached to an aromatic ring is 1. The number of halogens is 1. The van der Waals surface area contributed by atoms with Gasteiger partial charge in [-0.05, 0) is 30.7 Å². The first-order chi connectivity index (χ1) is 9.01. The van der Waals surface area contributed by atoms with Gasteiger partial charge in [-0.15, -0.1) is 0 Å². The first-order valence-corrected chi connectivity index (χ1v) is 6.67. The van der Waals surface area contributed by atoms with Gasteiger partial charge < -0.3 is 10.6 Å². The van der Waals surface area contributed by atoms with Crippen LogP contribution in [-0.4, -0.2) is 16.8 Å². The minimum Gasteiger partial charge on any atom is -0.397 e. The molecule has 4 nitrogen and oxygen atoms in total. The fourth-order valence-electron chi connectivity index (χ4n) is 2.07. The number of hydrogen-bond acceptors (Lipinski definition) is 3. The van der Waals surface area contributed by atoms with Crippen LogP contribution < -0.4 is 10.6 Å².